The molecular weight excluding hydrogens is 511 g/mol. The topological polar surface area (TPSA) is 49.4 Å². The van der Waals surface area contributed by atoms with Gasteiger partial charge in [-0.05, 0) is 42.2 Å². The van der Waals surface area contributed by atoms with Gasteiger partial charge in [-0.15, -0.1) is 11.8 Å². The predicted octanol–water partition coefficient (Wildman–Crippen LogP) is 6.78. The first-order valence-electron chi connectivity index (χ1n) is 12.1. The summed E-state index contributed by atoms with van der Waals surface area (Å²) in [5.41, 5.74) is 2.98. The summed E-state index contributed by atoms with van der Waals surface area (Å²) >= 11 is 13.7. The number of halogens is 2. The summed E-state index contributed by atoms with van der Waals surface area (Å²) in [4.78, 5) is 28.8. The van der Waals surface area contributed by atoms with Crippen LogP contribution in [0.25, 0.3) is 0 Å². The highest BCUT2D eigenvalue weighted by Gasteiger charge is 2.30. The van der Waals surface area contributed by atoms with Gasteiger partial charge >= 0.3 is 0 Å². The quantitative estimate of drug-likeness (QED) is 0.274. The molecule has 4 nitrogen and oxygen atoms in total. The Hall–Kier alpha value is -2.47. The van der Waals surface area contributed by atoms with Crippen LogP contribution in [-0.2, 0) is 28.3 Å². The first kappa shape index (κ1) is 28.1. The van der Waals surface area contributed by atoms with Gasteiger partial charge in [0.25, 0.3) is 0 Å². The van der Waals surface area contributed by atoms with E-state index in [0.29, 0.717) is 28.8 Å². The van der Waals surface area contributed by atoms with Crippen molar-refractivity contribution in [3.05, 3.63) is 106 Å². The van der Waals surface area contributed by atoms with E-state index in [4.69, 9.17) is 23.2 Å². The summed E-state index contributed by atoms with van der Waals surface area (Å²) in [5.74, 6) is 0.648. The SMILES string of the molecule is CC[C@@H](C)NC(=O)[C@@H](Cc1ccccc1)N(Cc1ccccc1)C(=O)CSCc1ccc(Cl)c(Cl)c1. The molecule has 0 bridgehead atoms. The molecule has 3 rings (SSSR count). The summed E-state index contributed by atoms with van der Waals surface area (Å²) in [6.07, 6.45) is 1.26. The number of amides is 2. The van der Waals surface area contributed by atoms with E-state index >= 15 is 0 Å². The molecule has 0 unspecified atom stereocenters. The van der Waals surface area contributed by atoms with Gasteiger partial charge in [-0.2, -0.15) is 0 Å². The molecule has 3 aromatic carbocycles. The maximum absolute atomic E-state index is 13.6. The summed E-state index contributed by atoms with van der Waals surface area (Å²) < 4.78 is 0. The maximum atomic E-state index is 13.6. The lowest BCUT2D eigenvalue weighted by molar-refractivity contribution is -0.139. The van der Waals surface area contributed by atoms with Gasteiger partial charge in [0.1, 0.15) is 6.04 Å². The van der Waals surface area contributed by atoms with Crippen molar-refractivity contribution in [1.29, 1.82) is 0 Å². The molecule has 0 aliphatic rings. The van der Waals surface area contributed by atoms with Crippen LogP contribution in [-0.4, -0.2) is 34.6 Å². The van der Waals surface area contributed by atoms with Gasteiger partial charge in [0, 0.05) is 24.8 Å². The fraction of sp³-hybridized carbons (Fsp3) is 0.310. The molecule has 0 radical (unpaired) electrons. The van der Waals surface area contributed by atoms with Crippen LogP contribution in [0.15, 0.2) is 78.9 Å². The largest absolute Gasteiger partial charge is 0.352 e. The Morgan fingerprint density at radius 3 is 2.14 bits per heavy atom. The Morgan fingerprint density at radius 1 is 0.889 bits per heavy atom. The molecule has 0 heterocycles. The van der Waals surface area contributed by atoms with Crippen molar-refractivity contribution in [3.63, 3.8) is 0 Å². The Kier molecular flexibility index (Phi) is 11.2. The Balaban J connectivity index is 1.82. The molecule has 2 atom stereocenters. The summed E-state index contributed by atoms with van der Waals surface area (Å²) in [6.45, 7) is 4.37. The van der Waals surface area contributed by atoms with Crippen molar-refractivity contribution in [2.45, 2.75) is 51.1 Å². The third-order valence-electron chi connectivity index (χ3n) is 5.95. The highest BCUT2D eigenvalue weighted by molar-refractivity contribution is 7.99. The Bertz CT molecular complexity index is 1130. The van der Waals surface area contributed by atoms with Crippen LogP contribution in [0.2, 0.25) is 10.0 Å². The number of hydrogen-bond donors (Lipinski definition) is 1. The van der Waals surface area contributed by atoms with E-state index in [9.17, 15) is 9.59 Å². The fourth-order valence-corrected chi connectivity index (χ4v) is 4.92. The average molecular weight is 544 g/mol. The smallest absolute Gasteiger partial charge is 0.243 e. The van der Waals surface area contributed by atoms with Gasteiger partial charge in [0.2, 0.25) is 11.8 Å². The summed E-state index contributed by atoms with van der Waals surface area (Å²) in [6, 6.07) is 24.5. The van der Waals surface area contributed by atoms with Gasteiger partial charge in [0.05, 0.1) is 15.8 Å². The number of thioether (sulfide) groups is 1. The molecule has 0 fully saturated rings. The molecule has 7 heteroatoms. The molecule has 0 aliphatic heterocycles. The highest BCUT2D eigenvalue weighted by Crippen LogP contribution is 2.25. The first-order valence-corrected chi connectivity index (χ1v) is 14.0. The zero-order chi connectivity index (χ0) is 25.9. The molecule has 0 aromatic heterocycles. The molecular formula is C29H32Cl2N2O2S. The lowest BCUT2D eigenvalue weighted by Crippen LogP contribution is -2.52. The molecule has 190 valence electrons. The van der Waals surface area contributed by atoms with E-state index in [1.807, 2.05) is 86.6 Å². The van der Waals surface area contributed by atoms with Crippen molar-refractivity contribution in [2.24, 2.45) is 0 Å². The minimum absolute atomic E-state index is 0.0217. The molecule has 1 N–H and O–H groups in total. The standard InChI is InChI=1S/C29H32Cl2N2O2S/c1-3-21(2)32-29(35)27(17-22-10-6-4-7-11-22)33(18-23-12-8-5-9-13-23)28(34)20-36-19-24-14-15-25(30)26(31)16-24/h4-16,21,27H,3,17-20H2,1-2H3,(H,32,35)/t21-,27-/m1/s1. The van der Waals surface area contributed by atoms with Crippen molar-refractivity contribution < 1.29 is 9.59 Å². The van der Waals surface area contributed by atoms with Crippen LogP contribution in [0.4, 0.5) is 0 Å². The van der Waals surface area contributed by atoms with Crippen LogP contribution in [0, 0.1) is 0 Å². The van der Waals surface area contributed by atoms with Crippen molar-refractivity contribution >= 4 is 46.8 Å². The van der Waals surface area contributed by atoms with Crippen molar-refractivity contribution in [1.82, 2.24) is 10.2 Å². The fourth-order valence-electron chi connectivity index (χ4n) is 3.74. The zero-order valence-electron chi connectivity index (χ0n) is 20.6. The average Bonchev–Trinajstić information content (AvgIpc) is 2.89. The maximum Gasteiger partial charge on any atom is 0.243 e. The minimum atomic E-state index is -0.625. The van der Waals surface area contributed by atoms with Gasteiger partial charge in [0.15, 0.2) is 0 Å². The summed E-state index contributed by atoms with van der Waals surface area (Å²) in [5, 5.41) is 4.10. The van der Waals surface area contributed by atoms with E-state index in [-0.39, 0.29) is 23.6 Å². The van der Waals surface area contributed by atoms with Crippen LogP contribution in [0.3, 0.4) is 0 Å². The van der Waals surface area contributed by atoms with Crippen molar-refractivity contribution in [3.8, 4) is 0 Å². The number of carbonyl (C=O) groups is 2. The monoisotopic (exact) mass is 542 g/mol. The lowest BCUT2D eigenvalue weighted by Gasteiger charge is -2.32. The number of benzene rings is 3. The van der Waals surface area contributed by atoms with Gasteiger partial charge in [-0.1, -0.05) is 96.9 Å². The van der Waals surface area contributed by atoms with Gasteiger partial charge in [-0.25, -0.2) is 0 Å². The first-order chi connectivity index (χ1) is 17.4. The molecule has 2 amide bonds. The molecule has 0 spiro atoms. The van der Waals surface area contributed by atoms with Crippen LogP contribution < -0.4 is 5.32 Å². The minimum Gasteiger partial charge on any atom is -0.352 e. The molecule has 36 heavy (non-hydrogen) atoms. The second-order valence-electron chi connectivity index (χ2n) is 8.77. The Labute approximate surface area is 228 Å². The third-order valence-corrected chi connectivity index (χ3v) is 7.67. The van der Waals surface area contributed by atoms with Gasteiger partial charge < -0.3 is 10.2 Å². The van der Waals surface area contributed by atoms with Gasteiger partial charge in [-0.3, -0.25) is 9.59 Å². The zero-order valence-corrected chi connectivity index (χ0v) is 23.0. The third kappa shape index (κ3) is 8.58. The van der Waals surface area contributed by atoms with E-state index in [0.717, 1.165) is 23.1 Å². The number of nitrogens with zero attached hydrogens (tertiary/aromatic N) is 1. The normalized spacial score (nSPS) is 12.6. The van der Waals surface area contributed by atoms with E-state index in [2.05, 4.69) is 5.32 Å². The second-order valence-corrected chi connectivity index (χ2v) is 10.6. The predicted molar refractivity (Wildman–Crippen MR) is 151 cm³/mol. The van der Waals surface area contributed by atoms with Crippen molar-refractivity contribution in [2.75, 3.05) is 5.75 Å². The lowest BCUT2D eigenvalue weighted by atomic mass is 10.0. The molecule has 3 aromatic rings. The molecule has 0 aliphatic carbocycles. The highest BCUT2D eigenvalue weighted by atomic mass is 35.5. The van der Waals surface area contributed by atoms with E-state index in [1.165, 1.54) is 11.8 Å². The van der Waals surface area contributed by atoms with E-state index < -0.39 is 6.04 Å². The number of rotatable bonds is 12. The molecule has 0 saturated carbocycles. The number of nitrogens with one attached hydrogen (secondary N) is 1. The van der Waals surface area contributed by atoms with Crippen LogP contribution in [0.1, 0.15) is 37.0 Å². The van der Waals surface area contributed by atoms with E-state index in [1.54, 1.807) is 11.0 Å². The Morgan fingerprint density at radius 2 is 1.53 bits per heavy atom. The van der Waals surface area contributed by atoms with Crippen LogP contribution in [0.5, 0.6) is 0 Å². The second kappa shape index (κ2) is 14.3. The summed E-state index contributed by atoms with van der Waals surface area (Å²) in [7, 11) is 0. The number of carbonyl (C=O) groups excluding carboxylic acids is 2. The molecule has 0 saturated heterocycles. The number of hydrogen-bond acceptors (Lipinski definition) is 3. The van der Waals surface area contributed by atoms with Crippen LogP contribution >= 0.6 is 35.0 Å².